The summed E-state index contributed by atoms with van der Waals surface area (Å²) in [5.74, 6) is -1.77. The standard InChI is InChI=1S/C26H29FN2O5/c1-3-34-19-8-6-7-17(15-19)23-22(24(30)20-16-18(27)9-10-21(20)33-2)25(31)26(32)29(23)14-13-28-11-4-5-12-28/h6-10,15-16,23,30H,3-5,11-14H2,1-2H3/b24-22+. The zero-order chi connectivity index (χ0) is 24.2. The summed E-state index contributed by atoms with van der Waals surface area (Å²) in [6.07, 6.45) is 2.22. The van der Waals surface area contributed by atoms with E-state index >= 15 is 0 Å². The SMILES string of the molecule is CCOc1cccc(C2/C(=C(\O)c3cc(F)ccc3OC)C(=O)C(=O)N2CCN2CCCC2)c1. The molecule has 1 amide bonds. The first-order valence-electron chi connectivity index (χ1n) is 11.5. The summed E-state index contributed by atoms with van der Waals surface area (Å²) < 4.78 is 25.0. The average Bonchev–Trinajstić information content (AvgIpc) is 3.44. The van der Waals surface area contributed by atoms with Crippen molar-refractivity contribution in [3.05, 3.63) is 65.0 Å². The van der Waals surface area contributed by atoms with E-state index < -0.39 is 29.3 Å². The highest BCUT2D eigenvalue weighted by Gasteiger charge is 2.46. The van der Waals surface area contributed by atoms with Crippen LogP contribution in [0.3, 0.4) is 0 Å². The molecule has 2 aliphatic rings. The van der Waals surface area contributed by atoms with E-state index in [4.69, 9.17) is 9.47 Å². The van der Waals surface area contributed by atoms with Gasteiger partial charge in [0.1, 0.15) is 23.1 Å². The lowest BCUT2D eigenvalue weighted by Gasteiger charge is -2.27. The number of ketones is 1. The van der Waals surface area contributed by atoms with Gasteiger partial charge in [-0.15, -0.1) is 0 Å². The van der Waals surface area contributed by atoms with Crippen LogP contribution in [-0.4, -0.2) is 66.5 Å². The van der Waals surface area contributed by atoms with Crippen molar-refractivity contribution in [3.63, 3.8) is 0 Å². The third-order valence-electron chi connectivity index (χ3n) is 6.30. The molecule has 0 radical (unpaired) electrons. The molecule has 0 spiro atoms. The molecule has 2 aliphatic heterocycles. The second-order valence-electron chi connectivity index (χ2n) is 8.39. The lowest BCUT2D eigenvalue weighted by Crippen LogP contribution is -2.37. The minimum atomic E-state index is -0.837. The molecule has 0 aromatic heterocycles. The lowest BCUT2D eigenvalue weighted by molar-refractivity contribution is -0.140. The molecule has 0 saturated carbocycles. The number of aliphatic hydroxyl groups is 1. The minimum Gasteiger partial charge on any atom is -0.507 e. The largest absolute Gasteiger partial charge is 0.507 e. The molecule has 180 valence electrons. The summed E-state index contributed by atoms with van der Waals surface area (Å²) in [6.45, 7) is 5.18. The zero-order valence-electron chi connectivity index (χ0n) is 19.4. The van der Waals surface area contributed by atoms with Gasteiger partial charge < -0.3 is 24.4 Å². The summed E-state index contributed by atoms with van der Waals surface area (Å²) in [5.41, 5.74) is 0.554. The summed E-state index contributed by atoms with van der Waals surface area (Å²) in [4.78, 5) is 30.1. The van der Waals surface area contributed by atoms with Gasteiger partial charge in [0.05, 0.1) is 30.9 Å². The second kappa shape index (κ2) is 10.3. The van der Waals surface area contributed by atoms with Crippen LogP contribution < -0.4 is 9.47 Å². The lowest BCUT2D eigenvalue weighted by atomic mass is 9.94. The van der Waals surface area contributed by atoms with Crippen LogP contribution in [0.15, 0.2) is 48.0 Å². The van der Waals surface area contributed by atoms with Crippen LogP contribution in [0.4, 0.5) is 4.39 Å². The van der Waals surface area contributed by atoms with Gasteiger partial charge in [0.15, 0.2) is 0 Å². The number of carbonyl (C=O) groups is 2. The van der Waals surface area contributed by atoms with Crippen molar-refractivity contribution in [3.8, 4) is 11.5 Å². The molecule has 1 unspecified atom stereocenters. The molecular weight excluding hydrogens is 439 g/mol. The van der Waals surface area contributed by atoms with Gasteiger partial charge >= 0.3 is 0 Å². The van der Waals surface area contributed by atoms with Crippen molar-refractivity contribution < 1.29 is 28.6 Å². The molecule has 0 aliphatic carbocycles. The average molecular weight is 469 g/mol. The fourth-order valence-corrected chi connectivity index (χ4v) is 4.66. The maximum absolute atomic E-state index is 14.1. The van der Waals surface area contributed by atoms with E-state index in [0.29, 0.717) is 31.0 Å². The molecule has 2 saturated heterocycles. The molecule has 2 aromatic rings. The number of likely N-dealkylation sites (tertiary alicyclic amines) is 2. The van der Waals surface area contributed by atoms with Gasteiger partial charge in [-0.3, -0.25) is 9.59 Å². The van der Waals surface area contributed by atoms with Gasteiger partial charge in [-0.25, -0.2) is 4.39 Å². The molecular formula is C26H29FN2O5. The van der Waals surface area contributed by atoms with Gasteiger partial charge in [0.25, 0.3) is 11.7 Å². The smallest absolute Gasteiger partial charge is 0.295 e. The molecule has 2 fully saturated rings. The summed E-state index contributed by atoms with van der Waals surface area (Å²) in [7, 11) is 1.39. The number of benzene rings is 2. The van der Waals surface area contributed by atoms with E-state index in [0.717, 1.165) is 32.0 Å². The molecule has 7 nitrogen and oxygen atoms in total. The van der Waals surface area contributed by atoms with Crippen molar-refractivity contribution in [1.82, 2.24) is 9.80 Å². The summed E-state index contributed by atoms with van der Waals surface area (Å²) >= 11 is 0. The zero-order valence-corrected chi connectivity index (χ0v) is 19.4. The number of halogens is 1. The minimum absolute atomic E-state index is 0.0194. The van der Waals surface area contributed by atoms with Gasteiger partial charge in [-0.05, 0) is 68.8 Å². The Morgan fingerprint density at radius 1 is 1.12 bits per heavy atom. The second-order valence-corrected chi connectivity index (χ2v) is 8.39. The highest BCUT2D eigenvalue weighted by molar-refractivity contribution is 6.46. The van der Waals surface area contributed by atoms with Crippen molar-refractivity contribution >= 4 is 17.4 Å². The van der Waals surface area contributed by atoms with Crippen LogP contribution in [0, 0.1) is 5.82 Å². The highest BCUT2D eigenvalue weighted by Crippen LogP contribution is 2.41. The fraction of sp³-hybridized carbons (Fsp3) is 0.385. The van der Waals surface area contributed by atoms with E-state index in [1.165, 1.54) is 24.1 Å². The Morgan fingerprint density at radius 2 is 1.88 bits per heavy atom. The first kappa shape index (κ1) is 23.8. The highest BCUT2D eigenvalue weighted by atomic mass is 19.1. The van der Waals surface area contributed by atoms with Gasteiger partial charge in [-0.1, -0.05) is 12.1 Å². The fourth-order valence-electron chi connectivity index (χ4n) is 4.66. The predicted octanol–water partition coefficient (Wildman–Crippen LogP) is 3.75. The van der Waals surface area contributed by atoms with Crippen molar-refractivity contribution in [2.45, 2.75) is 25.8 Å². The number of carbonyl (C=O) groups excluding carboxylic acids is 2. The normalized spacial score (nSPS) is 20.2. The van der Waals surface area contributed by atoms with Crippen LogP contribution in [0.1, 0.15) is 36.9 Å². The quantitative estimate of drug-likeness (QED) is 0.361. The maximum Gasteiger partial charge on any atom is 0.295 e. The van der Waals surface area contributed by atoms with Crippen molar-refractivity contribution in [2.75, 3.05) is 39.9 Å². The van der Waals surface area contributed by atoms with Gasteiger partial charge in [0.2, 0.25) is 0 Å². The number of Topliss-reactive ketones (excluding diaryl/α,β-unsaturated/α-hetero) is 1. The molecule has 2 heterocycles. The number of methoxy groups -OCH3 is 1. The molecule has 34 heavy (non-hydrogen) atoms. The number of ether oxygens (including phenoxy) is 2. The van der Waals surface area contributed by atoms with Crippen LogP contribution in [0.25, 0.3) is 5.76 Å². The Morgan fingerprint density at radius 3 is 2.59 bits per heavy atom. The van der Waals surface area contributed by atoms with Crippen LogP contribution in [-0.2, 0) is 9.59 Å². The van der Waals surface area contributed by atoms with E-state index in [9.17, 15) is 19.1 Å². The van der Waals surface area contributed by atoms with Gasteiger partial charge in [-0.2, -0.15) is 0 Å². The van der Waals surface area contributed by atoms with Crippen molar-refractivity contribution in [1.29, 1.82) is 0 Å². The van der Waals surface area contributed by atoms with E-state index in [1.54, 1.807) is 24.3 Å². The molecule has 1 N–H and O–H groups in total. The predicted molar refractivity (Wildman–Crippen MR) is 125 cm³/mol. The first-order chi connectivity index (χ1) is 16.4. The van der Waals surface area contributed by atoms with E-state index in [2.05, 4.69) is 4.90 Å². The Bertz CT molecular complexity index is 1110. The number of nitrogens with zero attached hydrogens (tertiary/aromatic N) is 2. The molecule has 2 aromatic carbocycles. The van der Waals surface area contributed by atoms with Crippen LogP contribution >= 0.6 is 0 Å². The maximum atomic E-state index is 14.1. The third-order valence-corrected chi connectivity index (χ3v) is 6.30. The van der Waals surface area contributed by atoms with E-state index in [-0.39, 0.29) is 16.9 Å². The monoisotopic (exact) mass is 468 g/mol. The van der Waals surface area contributed by atoms with Gasteiger partial charge in [0, 0.05) is 13.1 Å². The van der Waals surface area contributed by atoms with Crippen LogP contribution in [0.5, 0.6) is 11.5 Å². The number of hydrogen-bond donors (Lipinski definition) is 1. The Hall–Kier alpha value is -3.39. The summed E-state index contributed by atoms with van der Waals surface area (Å²) in [6, 6.07) is 9.96. The summed E-state index contributed by atoms with van der Waals surface area (Å²) in [5, 5.41) is 11.2. The van der Waals surface area contributed by atoms with Crippen molar-refractivity contribution in [2.24, 2.45) is 0 Å². The van der Waals surface area contributed by atoms with E-state index in [1.807, 2.05) is 6.92 Å². The first-order valence-corrected chi connectivity index (χ1v) is 11.5. The molecule has 4 rings (SSSR count). The number of hydrogen-bond acceptors (Lipinski definition) is 6. The number of amides is 1. The topological polar surface area (TPSA) is 79.3 Å². The molecule has 8 heteroatoms. The molecule has 1 atom stereocenters. The third kappa shape index (κ3) is 4.63. The Labute approximate surface area is 198 Å². The number of rotatable bonds is 8. The Balaban J connectivity index is 1.82. The Kier molecular flexibility index (Phi) is 7.17. The van der Waals surface area contributed by atoms with Crippen LogP contribution in [0.2, 0.25) is 0 Å². The number of aliphatic hydroxyl groups excluding tert-OH is 1. The molecule has 0 bridgehead atoms.